The number of nitro groups is 1. The first kappa shape index (κ1) is 19.0. The summed E-state index contributed by atoms with van der Waals surface area (Å²) in [5, 5.41) is 11.4. The van der Waals surface area contributed by atoms with Crippen LogP contribution in [-0.4, -0.2) is 41.9 Å². The molecule has 0 N–H and O–H groups in total. The third-order valence-corrected chi connectivity index (χ3v) is 5.82. The van der Waals surface area contributed by atoms with Crippen molar-refractivity contribution in [3.05, 3.63) is 32.8 Å². The highest BCUT2D eigenvalue weighted by atomic mass is 35.5. The van der Waals surface area contributed by atoms with E-state index in [0.29, 0.717) is 10.9 Å². The maximum atomic E-state index is 12.8. The second-order valence-corrected chi connectivity index (χ2v) is 7.76. The van der Waals surface area contributed by atoms with E-state index in [0.717, 1.165) is 63.1 Å². The summed E-state index contributed by atoms with van der Waals surface area (Å²) < 4.78 is 0. The summed E-state index contributed by atoms with van der Waals surface area (Å²) in [4.78, 5) is 27.6. The van der Waals surface area contributed by atoms with Crippen LogP contribution in [0.25, 0.3) is 0 Å². The summed E-state index contributed by atoms with van der Waals surface area (Å²) in [6.45, 7) is 5.15. The number of benzene rings is 1. The number of nitrogens with zero attached hydrogens (tertiary/aromatic N) is 3. The van der Waals surface area contributed by atoms with Gasteiger partial charge < -0.3 is 9.80 Å². The molecule has 0 aliphatic carbocycles. The number of rotatable bonds is 3. The minimum atomic E-state index is -0.422. The Hall–Kier alpha value is -1.82. The molecule has 0 atom stereocenters. The van der Waals surface area contributed by atoms with Gasteiger partial charge in [-0.05, 0) is 38.2 Å². The van der Waals surface area contributed by atoms with Crippen LogP contribution in [0.5, 0.6) is 0 Å². The van der Waals surface area contributed by atoms with Gasteiger partial charge in [-0.15, -0.1) is 0 Å². The highest BCUT2D eigenvalue weighted by Crippen LogP contribution is 2.36. The normalized spacial score (nSPS) is 19.3. The molecule has 2 saturated heterocycles. The molecule has 2 fully saturated rings. The van der Waals surface area contributed by atoms with Gasteiger partial charge in [0.2, 0.25) is 5.91 Å². The van der Waals surface area contributed by atoms with E-state index in [2.05, 4.69) is 9.80 Å². The molecule has 3 rings (SSSR count). The van der Waals surface area contributed by atoms with Gasteiger partial charge in [-0.3, -0.25) is 14.9 Å². The van der Waals surface area contributed by atoms with E-state index in [9.17, 15) is 14.9 Å². The Morgan fingerprint density at radius 2 is 1.73 bits per heavy atom. The van der Waals surface area contributed by atoms with E-state index in [1.54, 1.807) is 6.07 Å². The van der Waals surface area contributed by atoms with Crippen molar-refractivity contribution in [3.63, 3.8) is 0 Å². The molecule has 2 aliphatic heterocycles. The van der Waals surface area contributed by atoms with E-state index >= 15 is 0 Å². The molecular weight excluding hydrogens is 354 g/mol. The average Bonchev–Trinajstić information content (AvgIpc) is 2.90. The number of amides is 1. The average molecular weight is 380 g/mol. The minimum Gasteiger partial charge on any atom is -0.370 e. The van der Waals surface area contributed by atoms with E-state index in [1.165, 1.54) is 18.9 Å². The van der Waals surface area contributed by atoms with E-state index in [-0.39, 0.29) is 11.6 Å². The zero-order valence-electron chi connectivity index (χ0n) is 15.2. The lowest BCUT2D eigenvalue weighted by Crippen LogP contribution is -2.43. The Morgan fingerprint density at radius 1 is 1.12 bits per heavy atom. The fourth-order valence-corrected chi connectivity index (χ4v) is 4.50. The Morgan fingerprint density at radius 3 is 2.27 bits per heavy atom. The molecule has 0 saturated carbocycles. The lowest BCUT2D eigenvalue weighted by molar-refractivity contribution is -0.384. The third-order valence-electron chi connectivity index (χ3n) is 5.53. The molecule has 1 aromatic rings. The molecule has 6 nitrogen and oxygen atoms in total. The Kier molecular flexibility index (Phi) is 6.01. The summed E-state index contributed by atoms with van der Waals surface area (Å²) >= 11 is 6.33. The van der Waals surface area contributed by atoms with Crippen LogP contribution < -0.4 is 4.90 Å². The fraction of sp³-hybridized carbons (Fsp3) is 0.632. The molecule has 7 heteroatoms. The molecule has 0 bridgehead atoms. The van der Waals surface area contributed by atoms with E-state index in [1.807, 2.05) is 6.92 Å². The molecule has 26 heavy (non-hydrogen) atoms. The SMILES string of the molecule is Cc1cc([N+](=O)[O-])cc(Cl)c1N1CCC(C(=O)N2CCCCCC2)CC1. The fourth-order valence-electron chi connectivity index (χ4n) is 4.12. The first-order chi connectivity index (χ1) is 12.5. The number of hydrogen-bond donors (Lipinski definition) is 0. The number of carbonyl (C=O) groups excluding carboxylic acids is 1. The Labute approximate surface area is 159 Å². The lowest BCUT2D eigenvalue weighted by Gasteiger charge is -2.36. The molecule has 0 radical (unpaired) electrons. The summed E-state index contributed by atoms with van der Waals surface area (Å²) in [5.41, 5.74) is 1.68. The van der Waals surface area contributed by atoms with Crippen molar-refractivity contribution < 1.29 is 9.72 Å². The van der Waals surface area contributed by atoms with Gasteiger partial charge in [-0.1, -0.05) is 24.4 Å². The highest BCUT2D eigenvalue weighted by Gasteiger charge is 2.30. The monoisotopic (exact) mass is 379 g/mol. The predicted molar refractivity (Wildman–Crippen MR) is 103 cm³/mol. The van der Waals surface area contributed by atoms with E-state index < -0.39 is 4.92 Å². The number of hydrogen-bond acceptors (Lipinski definition) is 4. The lowest BCUT2D eigenvalue weighted by atomic mass is 9.94. The van der Waals surface area contributed by atoms with Crippen LogP contribution in [-0.2, 0) is 4.79 Å². The van der Waals surface area contributed by atoms with Crippen molar-refractivity contribution >= 4 is 28.9 Å². The van der Waals surface area contributed by atoms with Crippen molar-refractivity contribution in [1.29, 1.82) is 0 Å². The first-order valence-corrected chi connectivity index (χ1v) is 9.83. The number of likely N-dealkylation sites (tertiary alicyclic amines) is 1. The van der Waals surface area contributed by atoms with Crippen molar-refractivity contribution in [2.45, 2.75) is 45.4 Å². The van der Waals surface area contributed by atoms with Gasteiger partial charge in [-0.25, -0.2) is 0 Å². The molecule has 0 unspecified atom stereocenters. The quantitative estimate of drug-likeness (QED) is 0.583. The van der Waals surface area contributed by atoms with Gasteiger partial charge in [0.1, 0.15) is 0 Å². The summed E-state index contributed by atoms with van der Waals surface area (Å²) in [7, 11) is 0. The molecule has 2 aliphatic rings. The van der Waals surface area contributed by atoms with Crippen molar-refractivity contribution in [2.75, 3.05) is 31.1 Å². The smallest absolute Gasteiger partial charge is 0.271 e. The number of anilines is 1. The predicted octanol–water partition coefficient (Wildman–Crippen LogP) is 4.18. The van der Waals surface area contributed by atoms with Crippen LogP contribution in [0.15, 0.2) is 12.1 Å². The first-order valence-electron chi connectivity index (χ1n) is 9.45. The summed E-state index contributed by atoms with van der Waals surface area (Å²) in [6.07, 6.45) is 6.29. The van der Waals surface area contributed by atoms with Crippen molar-refractivity contribution in [1.82, 2.24) is 4.90 Å². The molecule has 1 amide bonds. The number of carbonyl (C=O) groups is 1. The van der Waals surface area contributed by atoms with Crippen molar-refractivity contribution in [2.24, 2.45) is 5.92 Å². The van der Waals surface area contributed by atoms with Crippen molar-refractivity contribution in [3.8, 4) is 0 Å². The Balaban J connectivity index is 1.65. The van der Waals surface area contributed by atoms with Crippen LogP contribution in [0.3, 0.4) is 0 Å². The van der Waals surface area contributed by atoms with Crippen LogP contribution in [0.1, 0.15) is 44.1 Å². The number of nitro benzene ring substituents is 1. The standard InChI is InChI=1S/C19H26ClN3O3/c1-14-12-16(23(25)26)13-17(20)18(14)21-10-6-15(7-11-21)19(24)22-8-4-2-3-5-9-22/h12-13,15H,2-11H2,1H3. The molecule has 1 aromatic carbocycles. The number of halogens is 1. The molecule has 0 spiro atoms. The second-order valence-electron chi connectivity index (χ2n) is 7.35. The minimum absolute atomic E-state index is 0.0162. The van der Waals surface area contributed by atoms with Crippen LogP contribution in [0.4, 0.5) is 11.4 Å². The number of aryl methyl sites for hydroxylation is 1. The zero-order valence-corrected chi connectivity index (χ0v) is 16.0. The zero-order chi connectivity index (χ0) is 18.7. The molecule has 0 aromatic heterocycles. The molecule has 2 heterocycles. The van der Waals surface area contributed by atoms with Crippen LogP contribution in [0, 0.1) is 23.0 Å². The largest absolute Gasteiger partial charge is 0.370 e. The van der Waals surface area contributed by atoms with Crippen LogP contribution >= 0.6 is 11.6 Å². The maximum absolute atomic E-state index is 12.8. The van der Waals surface area contributed by atoms with Gasteiger partial charge in [0.15, 0.2) is 0 Å². The van der Waals surface area contributed by atoms with E-state index in [4.69, 9.17) is 11.6 Å². The number of piperidine rings is 1. The number of non-ortho nitro benzene ring substituents is 1. The maximum Gasteiger partial charge on any atom is 0.271 e. The summed E-state index contributed by atoms with van der Waals surface area (Å²) in [6, 6.07) is 2.98. The Bertz CT molecular complexity index is 656. The van der Waals surface area contributed by atoms with Gasteiger partial charge >= 0.3 is 0 Å². The molecular formula is C19H26ClN3O3. The third kappa shape index (κ3) is 4.11. The second kappa shape index (κ2) is 8.25. The van der Waals surface area contributed by atoms with Gasteiger partial charge in [0, 0.05) is 44.2 Å². The topological polar surface area (TPSA) is 66.7 Å². The highest BCUT2D eigenvalue weighted by molar-refractivity contribution is 6.33. The van der Waals surface area contributed by atoms with Gasteiger partial charge in [0.05, 0.1) is 15.6 Å². The summed E-state index contributed by atoms with van der Waals surface area (Å²) in [5.74, 6) is 0.388. The van der Waals surface area contributed by atoms with Gasteiger partial charge in [-0.2, -0.15) is 0 Å². The molecule has 142 valence electrons. The van der Waals surface area contributed by atoms with Crippen LogP contribution in [0.2, 0.25) is 5.02 Å². The van der Waals surface area contributed by atoms with Gasteiger partial charge in [0.25, 0.3) is 5.69 Å².